The van der Waals surface area contributed by atoms with Crippen LogP contribution in [0, 0.1) is 5.41 Å². The Kier molecular flexibility index (Phi) is 4.14. The monoisotopic (exact) mass is 224 g/mol. The molecule has 0 aliphatic carbocycles. The van der Waals surface area contributed by atoms with E-state index >= 15 is 0 Å². The number of aromatic nitrogens is 2. The van der Waals surface area contributed by atoms with Crippen LogP contribution >= 0.6 is 11.8 Å². The van der Waals surface area contributed by atoms with Crippen molar-refractivity contribution in [3.8, 4) is 0 Å². The molecular formula is C12H20N2S. The van der Waals surface area contributed by atoms with Crippen molar-refractivity contribution in [3.05, 3.63) is 18.1 Å². The molecule has 15 heavy (non-hydrogen) atoms. The molecule has 2 nitrogen and oxygen atoms in total. The molecule has 0 fully saturated rings. The zero-order chi connectivity index (χ0) is 11.5. The molecule has 0 atom stereocenters. The van der Waals surface area contributed by atoms with Gasteiger partial charge in [0, 0.05) is 11.4 Å². The summed E-state index contributed by atoms with van der Waals surface area (Å²) in [6, 6.07) is 2.10. The molecule has 0 aliphatic rings. The summed E-state index contributed by atoms with van der Waals surface area (Å²) in [6.45, 7) is 11.0. The topological polar surface area (TPSA) is 25.8 Å². The minimum absolute atomic E-state index is 0.341. The Morgan fingerprint density at radius 1 is 1.27 bits per heavy atom. The second kappa shape index (κ2) is 4.97. The van der Waals surface area contributed by atoms with E-state index in [4.69, 9.17) is 0 Å². The van der Waals surface area contributed by atoms with Crippen LogP contribution in [0.3, 0.4) is 0 Å². The molecule has 1 aromatic rings. The highest BCUT2D eigenvalue weighted by molar-refractivity contribution is 7.99. The SMILES string of the molecule is CC(C)c1cc(SCC(C)(C)C)ncn1. The van der Waals surface area contributed by atoms with Gasteiger partial charge in [-0.05, 0) is 17.4 Å². The lowest BCUT2D eigenvalue weighted by Gasteiger charge is -2.16. The summed E-state index contributed by atoms with van der Waals surface area (Å²) in [4.78, 5) is 8.54. The molecule has 1 aromatic heterocycles. The van der Waals surface area contributed by atoms with Crippen LogP contribution in [-0.4, -0.2) is 15.7 Å². The standard InChI is InChI=1S/C12H20N2S/c1-9(2)10-6-11(14-8-13-10)15-7-12(3,4)5/h6,8-9H,7H2,1-5H3. The van der Waals surface area contributed by atoms with Gasteiger partial charge in [-0.2, -0.15) is 0 Å². The van der Waals surface area contributed by atoms with Crippen LogP contribution in [0.1, 0.15) is 46.2 Å². The number of hydrogen-bond donors (Lipinski definition) is 0. The van der Waals surface area contributed by atoms with Gasteiger partial charge >= 0.3 is 0 Å². The zero-order valence-corrected chi connectivity index (χ0v) is 11.1. The summed E-state index contributed by atoms with van der Waals surface area (Å²) >= 11 is 1.81. The Morgan fingerprint density at radius 3 is 2.47 bits per heavy atom. The summed E-state index contributed by atoms with van der Waals surface area (Å²) in [7, 11) is 0. The molecule has 84 valence electrons. The minimum Gasteiger partial charge on any atom is -0.241 e. The molecule has 0 radical (unpaired) electrons. The second-order valence-corrected chi connectivity index (χ2v) is 6.28. The van der Waals surface area contributed by atoms with Gasteiger partial charge in [-0.1, -0.05) is 34.6 Å². The van der Waals surface area contributed by atoms with Crippen molar-refractivity contribution in [2.75, 3.05) is 5.75 Å². The molecule has 0 saturated heterocycles. The maximum absolute atomic E-state index is 4.28. The summed E-state index contributed by atoms with van der Waals surface area (Å²) in [6.07, 6.45) is 1.67. The highest BCUT2D eigenvalue weighted by Gasteiger charge is 2.11. The van der Waals surface area contributed by atoms with Crippen molar-refractivity contribution >= 4 is 11.8 Å². The summed E-state index contributed by atoms with van der Waals surface area (Å²) in [5.74, 6) is 1.56. The average Bonchev–Trinajstić information content (AvgIpc) is 2.14. The number of hydrogen-bond acceptors (Lipinski definition) is 3. The van der Waals surface area contributed by atoms with Crippen molar-refractivity contribution in [1.29, 1.82) is 0 Å². The average molecular weight is 224 g/mol. The highest BCUT2D eigenvalue weighted by atomic mass is 32.2. The van der Waals surface area contributed by atoms with E-state index in [-0.39, 0.29) is 0 Å². The van der Waals surface area contributed by atoms with Crippen LogP contribution in [0.4, 0.5) is 0 Å². The van der Waals surface area contributed by atoms with Gasteiger partial charge in [0.1, 0.15) is 6.33 Å². The molecule has 0 bridgehead atoms. The van der Waals surface area contributed by atoms with Crippen molar-refractivity contribution < 1.29 is 0 Å². The van der Waals surface area contributed by atoms with Gasteiger partial charge in [0.15, 0.2) is 0 Å². The normalized spacial score (nSPS) is 12.1. The first-order valence-corrected chi connectivity index (χ1v) is 6.32. The molecule has 0 aromatic carbocycles. The molecule has 0 amide bonds. The van der Waals surface area contributed by atoms with E-state index in [0.717, 1.165) is 16.5 Å². The van der Waals surface area contributed by atoms with E-state index in [2.05, 4.69) is 50.7 Å². The molecule has 1 rings (SSSR count). The maximum Gasteiger partial charge on any atom is 0.116 e. The van der Waals surface area contributed by atoms with Gasteiger partial charge in [0.2, 0.25) is 0 Å². The van der Waals surface area contributed by atoms with Crippen LogP contribution < -0.4 is 0 Å². The van der Waals surface area contributed by atoms with Crippen LogP contribution in [0.15, 0.2) is 17.4 Å². The quantitative estimate of drug-likeness (QED) is 0.578. The summed E-state index contributed by atoms with van der Waals surface area (Å²) < 4.78 is 0. The Balaban J connectivity index is 2.66. The van der Waals surface area contributed by atoms with Crippen LogP contribution in [0.25, 0.3) is 0 Å². The fraction of sp³-hybridized carbons (Fsp3) is 0.667. The summed E-state index contributed by atoms with van der Waals surface area (Å²) in [5, 5.41) is 1.09. The number of rotatable bonds is 3. The first kappa shape index (κ1) is 12.5. The molecule has 1 heterocycles. The molecule has 0 aliphatic heterocycles. The zero-order valence-electron chi connectivity index (χ0n) is 10.2. The van der Waals surface area contributed by atoms with Gasteiger partial charge < -0.3 is 0 Å². The highest BCUT2D eigenvalue weighted by Crippen LogP contribution is 2.26. The van der Waals surface area contributed by atoms with Crippen molar-refractivity contribution in [3.63, 3.8) is 0 Å². The molecule has 0 unspecified atom stereocenters. The lowest BCUT2D eigenvalue weighted by atomic mass is 10.0. The third kappa shape index (κ3) is 4.65. The Morgan fingerprint density at radius 2 is 1.93 bits per heavy atom. The molecule has 3 heteroatoms. The first-order chi connectivity index (χ1) is 6.88. The van der Waals surface area contributed by atoms with Crippen molar-refractivity contribution in [1.82, 2.24) is 9.97 Å². The van der Waals surface area contributed by atoms with Crippen LogP contribution in [0.5, 0.6) is 0 Å². The van der Waals surface area contributed by atoms with E-state index in [0.29, 0.717) is 11.3 Å². The summed E-state index contributed by atoms with van der Waals surface area (Å²) in [5.41, 5.74) is 1.47. The van der Waals surface area contributed by atoms with E-state index in [1.54, 1.807) is 6.33 Å². The Hall–Kier alpha value is -0.570. The van der Waals surface area contributed by atoms with Crippen molar-refractivity contribution in [2.45, 2.75) is 45.6 Å². The fourth-order valence-corrected chi connectivity index (χ4v) is 1.95. The van der Waals surface area contributed by atoms with Crippen molar-refractivity contribution in [2.24, 2.45) is 5.41 Å². The van der Waals surface area contributed by atoms with Gasteiger partial charge in [0.05, 0.1) is 5.03 Å². The molecule has 0 N–H and O–H groups in total. The Labute approximate surface area is 96.9 Å². The predicted molar refractivity (Wildman–Crippen MR) is 66.3 cm³/mol. The molecule has 0 spiro atoms. The largest absolute Gasteiger partial charge is 0.241 e. The smallest absolute Gasteiger partial charge is 0.116 e. The molecule has 0 saturated carbocycles. The maximum atomic E-state index is 4.28. The van der Waals surface area contributed by atoms with E-state index in [9.17, 15) is 0 Å². The third-order valence-electron chi connectivity index (χ3n) is 1.91. The first-order valence-electron chi connectivity index (χ1n) is 5.33. The number of nitrogens with zero attached hydrogens (tertiary/aromatic N) is 2. The van der Waals surface area contributed by atoms with E-state index < -0.39 is 0 Å². The lowest BCUT2D eigenvalue weighted by molar-refractivity contribution is 0.480. The van der Waals surface area contributed by atoms with Gasteiger partial charge in [-0.25, -0.2) is 9.97 Å². The lowest BCUT2D eigenvalue weighted by Crippen LogP contribution is -2.08. The number of thioether (sulfide) groups is 1. The van der Waals surface area contributed by atoms with Crippen LogP contribution in [-0.2, 0) is 0 Å². The Bertz CT molecular complexity index is 316. The van der Waals surface area contributed by atoms with E-state index in [1.807, 2.05) is 11.8 Å². The van der Waals surface area contributed by atoms with E-state index in [1.165, 1.54) is 0 Å². The minimum atomic E-state index is 0.341. The predicted octanol–water partition coefficient (Wildman–Crippen LogP) is 3.74. The second-order valence-electron chi connectivity index (χ2n) is 5.29. The van der Waals surface area contributed by atoms with Gasteiger partial charge in [-0.3, -0.25) is 0 Å². The van der Waals surface area contributed by atoms with Gasteiger partial charge in [0.25, 0.3) is 0 Å². The van der Waals surface area contributed by atoms with Gasteiger partial charge in [-0.15, -0.1) is 11.8 Å². The third-order valence-corrected chi connectivity index (χ3v) is 3.44. The molecular weight excluding hydrogens is 204 g/mol. The fourth-order valence-electron chi connectivity index (χ4n) is 1.04. The van der Waals surface area contributed by atoms with Crippen LogP contribution in [0.2, 0.25) is 0 Å².